The van der Waals surface area contributed by atoms with Gasteiger partial charge in [-0.15, -0.1) is 0 Å². The summed E-state index contributed by atoms with van der Waals surface area (Å²) < 4.78 is 0. The van der Waals surface area contributed by atoms with Crippen molar-refractivity contribution in [3.63, 3.8) is 0 Å². The van der Waals surface area contributed by atoms with Gasteiger partial charge in [0.25, 0.3) is 0 Å². The molecule has 0 fully saturated rings. The number of aromatic amines is 1. The van der Waals surface area contributed by atoms with E-state index in [-0.39, 0.29) is 12.5 Å². The fourth-order valence-corrected chi connectivity index (χ4v) is 1.72. The lowest BCUT2D eigenvalue weighted by molar-refractivity contribution is -0.119. The van der Waals surface area contributed by atoms with Crippen molar-refractivity contribution in [2.45, 2.75) is 19.1 Å². The molecule has 18 heavy (non-hydrogen) atoms. The number of carbonyl (C=O) groups is 1. The van der Waals surface area contributed by atoms with E-state index in [1.165, 1.54) is 6.92 Å². The van der Waals surface area contributed by atoms with Gasteiger partial charge in [0.15, 0.2) is 0 Å². The van der Waals surface area contributed by atoms with E-state index < -0.39 is 12.2 Å². The number of carbonyl (C=O) groups excluding carboxylic acids is 1. The Balaban J connectivity index is 2.11. The Bertz CT molecular complexity index is 552. The summed E-state index contributed by atoms with van der Waals surface area (Å²) in [5.74, 6) is -0.245. The summed E-state index contributed by atoms with van der Waals surface area (Å²) in [6.07, 6.45) is -0.419. The molecule has 0 aliphatic carbocycles. The molecular formula is C12H15N3O3. The molecule has 4 N–H and O–H groups in total. The number of nitrogens with one attached hydrogen (secondary N) is 2. The van der Waals surface area contributed by atoms with Crippen LogP contribution in [0.3, 0.4) is 0 Å². The predicted molar refractivity (Wildman–Crippen MR) is 65.7 cm³/mol. The number of fused-ring (bicyclic) bond motifs is 1. The number of aliphatic hydroxyl groups excluding tert-OH is 2. The molecule has 0 radical (unpaired) electrons. The van der Waals surface area contributed by atoms with Crippen LogP contribution >= 0.6 is 0 Å². The molecule has 2 rings (SSSR count). The normalized spacial score (nSPS) is 14.4. The summed E-state index contributed by atoms with van der Waals surface area (Å²) in [6, 6.07) is 5.26. The molecule has 2 aromatic rings. The Morgan fingerprint density at radius 1 is 1.50 bits per heavy atom. The van der Waals surface area contributed by atoms with E-state index in [0.717, 1.165) is 10.9 Å². The third-order valence-electron chi connectivity index (χ3n) is 2.73. The molecule has 0 saturated heterocycles. The van der Waals surface area contributed by atoms with Gasteiger partial charge in [-0.25, -0.2) is 0 Å². The van der Waals surface area contributed by atoms with Crippen LogP contribution in [-0.4, -0.2) is 39.0 Å². The highest BCUT2D eigenvalue weighted by atomic mass is 16.3. The zero-order valence-corrected chi connectivity index (χ0v) is 9.92. The van der Waals surface area contributed by atoms with Crippen molar-refractivity contribution < 1.29 is 15.0 Å². The minimum Gasteiger partial charge on any atom is -0.388 e. The lowest BCUT2D eigenvalue weighted by Gasteiger charge is -2.18. The lowest BCUT2D eigenvalue weighted by Crippen LogP contribution is -2.34. The standard InChI is InChI=1S/C12H15N3O3/c1-7(16)13-6-11(17)12(18)8-2-3-9-5-14-15-10(9)4-8/h2-5,11-12,17-18H,6H2,1H3,(H,13,16)(H,14,15). The van der Waals surface area contributed by atoms with Gasteiger partial charge in [-0.05, 0) is 11.6 Å². The number of rotatable bonds is 4. The molecule has 2 unspecified atom stereocenters. The first kappa shape index (κ1) is 12.5. The smallest absolute Gasteiger partial charge is 0.216 e. The summed E-state index contributed by atoms with van der Waals surface area (Å²) in [5, 5.41) is 29.8. The number of hydrogen-bond donors (Lipinski definition) is 4. The van der Waals surface area contributed by atoms with Gasteiger partial charge in [-0.3, -0.25) is 9.89 Å². The number of nitrogens with zero attached hydrogens (tertiary/aromatic N) is 1. The maximum absolute atomic E-state index is 10.7. The molecule has 1 heterocycles. The van der Waals surface area contributed by atoms with E-state index in [0.29, 0.717) is 5.56 Å². The molecular weight excluding hydrogens is 234 g/mol. The topological polar surface area (TPSA) is 98.2 Å². The zero-order chi connectivity index (χ0) is 13.1. The van der Waals surface area contributed by atoms with E-state index >= 15 is 0 Å². The fraction of sp³-hybridized carbons (Fsp3) is 0.333. The van der Waals surface area contributed by atoms with Gasteiger partial charge in [0.2, 0.25) is 5.91 Å². The SMILES string of the molecule is CC(=O)NCC(O)C(O)c1ccc2cn[nH]c2c1. The van der Waals surface area contributed by atoms with Crippen molar-refractivity contribution in [2.75, 3.05) is 6.54 Å². The molecule has 1 amide bonds. The number of benzene rings is 1. The minimum atomic E-state index is -1.05. The maximum atomic E-state index is 10.7. The quantitative estimate of drug-likeness (QED) is 0.617. The Labute approximate surface area is 104 Å². The molecule has 96 valence electrons. The first-order chi connectivity index (χ1) is 8.58. The largest absolute Gasteiger partial charge is 0.388 e. The zero-order valence-electron chi connectivity index (χ0n) is 9.92. The number of hydrogen-bond acceptors (Lipinski definition) is 4. The summed E-state index contributed by atoms with van der Waals surface area (Å²) in [5.41, 5.74) is 1.36. The second-order valence-electron chi connectivity index (χ2n) is 4.17. The van der Waals surface area contributed by atoms with Crippen molar-refractivity contribution in [1.29, 1.82) is 0 Å². The minimum absolute atomic E-state index is 0.0114. The van der Waals surface area contributed by atoms with Crippen LogP contribution in [0.25, 0.3) is 10.9 Å². The molecule has 2 atom stereocenters. The van der Waals surface area contributed by atoms with Crippen molar-refractivity contribution in [1.82, 2.24) is 15.5 Å². The van der Waals surface area contributed by atoms with Gasteiger partial charge in [-0.2, -0.15) is 5.10 Å². The van der Waals surface area contributed by atoms with Crippen LogP contribution in [0.15, 0.2) is 24.4 Å². The van der Waals surface area contributed by atoms with Crippen LogP contribution < -0.4 is 5.32 Å². The lowest BCUT2D eigenvalue weighted by atomic mass is 10.0. The van der Waals surface area contributed by atoms with Crippen molar-refractivity contribution in [2.24, 2.45) is 0 Å². The highest BCUT2D eigenvalue weighted by molar-refractivity contribution is 5.78. The number of H-pyrrole nitrogens is 1. The van der Waals surface area contributed by atoms with Crippen molar-refractivity contribution in [3.8, 4) is 0 Å². The van der Waals surface area contributed by atoms with Gasteiger partial charge in [0, 0.05) is 18.9 Å². The van der Waals surface area contributed by atoms with Gasteiger partial charge in [0.1, 0.15) is 12.2 Å². The highest BCUT2D eigenvalue weighted by Crippen LogP contribution is 2.20. The number of amides is 1. The second-order valence-corrected chi connectivity index (χ2v) is 4.17. The molecule has 6 nitrogen and oxygen atoms in total. The van der Waals surface area contributed by atoms with Crippen LogP contribution in [0.5, 0.6) is 0 Å². The van der Waals surface area contributed by atoms with Crippen LogP contribution in [-0.2, 0) is 4.79 Å². The van der Waals surface area contributed by atoms with E-state index in [1.807, 2.05) is 6.07 Å². The third-order valence-corrected chi connectivity index (χ3v) is 2.73. The Morgan fingerprint density at radius 3 is 3.00 bits per heavy atom. The Hall–Kier alpha value is -1.92. The summed E-state index contributed by atoms with van der Waals surface area (Å²) in [6.45, 7) is 1.37. The van der Waals surface area contributed by atoms with Gasteiger partial charge in [0.05, 0.1) is 11.7 Å². The molecule has 0 aliphatic rings. The summed E-state index contributed by atoms with van der Waals surface area (Å²) in [4.78, 5) is 10.7. The molecule has 0 spiro atoms. The van der Waals surface area contributed by atoms with Crippen molar-refractivity contribution in [3.05, 3.63) is 30.0 Å². The first-order valence-electron chi connectivity index (χ1n) is 5.61. The van der Waals surface area contributed by atoms with Crippen LogP contribution in [0.1, 0.15) is 18.6 Å². The Morgan fingerprint density at radius 2 is 2.28 bits per heavy atom. The number of aromatic nitrogens is 2. The molecule has 0 bridgehead atoms. The summed E-state index contributed by atoms with van der Waals surface area (Å²) in [7, 11) is 0. The average molecular weight is 249 g/mol. The molecule has 1 aromatic heterocycles. The van der Waals surface area contributed by atoms with Crippen LogP contribution in [0.2, 0.25) is 0 Å². The molecule has 0 aliphatic heterocycles. The van der Waals surface area contributed by atoms with E-state index in [9.17, 15) is 15.0 Å². The maximum Gasteiger partial charge on any atom is 0.216 e. The van der Waals surface area contributed by atoms with Gasteiger partial charge < -0.3 is 15.5 Å². The van der Waals surface area contributed by atoms with E-state index in [2.05, 4.69) is 15.5 Å². The predicted octanol–water partition coefficient (Wildman–Crippen LogP) is 0.0933. The third kappa shape index (κ3) is 2.66. The first-order valence-corrected chi connectivity index (χ1v) is 5.61. The summed E-state index contributed by atoms with van der Waals surface area (Å²) >= 11 is 0. The number of aliphatic hydroxyl groups is 2. The van der Waals surface area contributed by atoms with E-state index in [4.69, 9.17) is 0 Å². The van der Waals surface area contributed by atoms with Crippen LogP contribution in [0, 0.1) is 0 Å². The monoisotopic (exact) mass is 249 g/mol. The van der Waals surface area contributed by atoms with Crippen LogP contribution in [0.4, 0.5) is 0 Å². The second kappa shape index (κ2) is 5.16. The Kier molecular flexibility index (Phi) is 3.59. The highest BCUT2D eigenvalue weighted by Gasteiger charge is 2.18. The molecule has 6 heteroatoms. The molecule has 0 saturated carbocycles. The van der Waals surface area contributed by atoms with E-state index in [1.54, 1.807) is 18.3 Å². The average Bonchev–Trinajstić information content (AvgIpc) is 2.81. The van der Waals surface area contributed by atoms with Crippen molar-refractivity contribution >= 4 is 16.8 Å². The van der Waals surface area contributed by atoms with Gasteiger partial charge >= 0.3 is 0 Å². The van der Waals surface area contributed by atoms with Gasteiger partial charge in [-0.1, -0.05) is 12.1 Å². The molecule has 1 aromatic carbocycles. The fourth-order valence-electron chi connectivity index (χ4n) is 1.72.